The maximum Gasteiger partial charge on any atom is 0.236 e. The summed E-state index contributed by atoms with van der Waals surface area (Å²) in [5.41, 5.74) is 3.08. The van der Waals surface area contributed by atoms with Crippen LogP contribution in [0.2, 0.25) is 0 Å². The first-order chi connectivity index (χ1) is 20.4. The summed E-state index contributed by atoms with van der Waals surface area (Å²) in [7, 11) is 1.66. The summed E-state index contributed by atoms with van der Waals surface area (Å²) < 4.78 is 9.27. The van der Waals surface area contributed by atoms with Crippen molar-refractivity contribution in [1.82, 2.24) is 19.4 Å². The van der Waals surface area contributed by atoms with Gasteiger partial charge in [0.1, 0.15) is 17.9 Å². The average molecular weight is 583 g/mol. The summed E-state index contributed by atoms with van der Waals surface area (Å²) >= 11 is 1.59. The van der Waals surface area contributed by atoms with E-state index < -0.39 is 0 Å². The number of amides is 2. The van der Waals surface area contributed by atoms with Gasteiger partial charge < -0.3 is 24.4 Å². The van der Waals surface area contributed by atoms with E-state index in [1.54, 1.807) is 48.8 Å². The second-order valence-corrected chi connectivity index (χ2v) is 10.8. The smallest absolute Gasteiger partial charge is 0.236 e. The molecule has 9 nitrogen and oxygen atoms in total. The van der Waals surface area contributed by atoms with Gasteiger partial charge in [0.2, 0.25) is 11.8 Å². The highest BCUT2D eigenvalue weighted by Crippen LogP contribution is 2.38. The fourth-order valence-electron chi connectivity index (χ4n) is 4.52. The van der Waals surface area contributed by atoms with Crippen LogP contribution in [0.25, 0.3) is 20.8 Å². The Kier molecular flexibility index (Phi) is 9.25. The molecule has 3 heterocycles. The molecule has 0 aliphatic rings. The van der Waals surface area contributed by atoms with Gasteiger partial charge in [-0.05, 0) is 55.6 Å². The van der Waals surface area contributed by atoms with Crippen LogP contribution >= 0.6 is 11.3 Å². The number of likely N-dealkylation sites (N-methyl/N-ethyl adjacent to an activating group) is 1. The van der Waals surface area contributed by atoms with Crippen LogP contribution in [0.3, 0.4) is 0 Å². The topological polar surface area (TPSA) is 92.6 Å². The number of nitrogens with one attached hydrogen (secondary N) is 1. The van der Waals surface area contributed by atoms with E-state index in [4.69, 9.17) is 4.74 Å². The lowest BCUT2D eigenvalue weighted by Gasteiger charge is -2.17. The van der Waals surface area contributed by atoms with Crippen LogP contribution in [0.1, 0.15) is 20.3 Å². The molecule has 0 saturated heterocycles. The number of ether oxygens (including phenoxy) is 1. The SMILES string of the molecule is CCN(CC)CCn1cnc(-c2cc3nccc(Oc4ccc(NC(=O)CC(=O)N(C)c5ccccc5)cc4)c3s2)c1. The number of benzene rings is 2. The third-order valence-corrected chi connectivity index (χ3v) is 8.19. The Bertz CT molecular complexity index is 1640. The summed E-state index contributed by atoms with van der Waals surface area (Å²) in [6.45, 7) is 8.31. The second-order valence-electron chi connectivity index (χ2n) is 9.80. The highest BCUT2D eigenvalue weighted by atomic mass is 32.1. The van der Waals surface area contributed by atoms with Gasteiger partial charge >= 0.3 is 0 Å². The number of imidazole rings is 1. The van der Waals surface area contributed by atoms with Crippen molar-refractivity contribution < 1.29 is 14.3 Å². The predicted octanol–water partition coefficient (Wildman–Crippen LogP) is 6.29. The molecule has 2 aromatic carbocycles. The minimum atomic E-state index is -0.381. The standard InChI is InChI=1S/C32H34N6O3S/c1-4-37(5-2)17-18-38-21-27(34-22-38)29-19-26-32(42-29)28(15-16-33-26)41-25-13-11-23(12-14-25)35-30(39)20-31(40)36(3)24-9-7-6-8-10-24/h6-16,19,21-22H,4-5,17-18,20H2,1-3H3,(H,35,39). The number of nitrogens with zero attached hydrogens (tertiary/aromatic N) is 5. The Balaban J connectivity index is 1.21. The number of pyridine rings is 1. The summed E-state index contributed by atoms with van der Waals surface area (Å²) in [5, 5.41) is 2.78. The van der Waals surface area contributed by atoms with Crippen molar-refractivity contribution in [3.8, 4) is 22.1 Å². The lowest BCUT2D eigenvalue weighted by molar-refractivity contribution is -0.125. The normalized spacial score (nSPS) is 11.1. The van der Waals surface area contributed by atoms with Gasteiger partial charge in [0, 0.05) is 50.0 Å². The average Bonchev–Trinajstić information content (AvgIpc) is 3.67. The molecule has 0 fully saturated rings. The fraction of sp³-hybridized carbons (Fsp3) is 0.250. The molecule has 0 aliphatic carbocycles. The largest absolute Gasteiger partial charge is 0.456 e. The number of rotatable bonds is 12. The van der Waals surface area contributed by atoms with Crippen LogP contribution in [0.5, 0.6) is 11.5 Å². The van der Waals surface area contributed by atoms with Crippen molar-refractivity contribution in [3.63, 3.8) is 0 Å². The maximum absolute atomic E-state index is 12.5. The van der Waals surface area contributed by atoms with E-state index in [2.05, 4.69) is 44.8 Å². The van der Waals surface area contributed by atoms with Crippen molar-refractivity contribution in [2.24, 2.45) is 0 Å². The number of hydrogen-bond acceptors (Lipinski definition) is 7. The molecule has 5 aromatic rings. The summed E-state index contributed by atoms with van der Waals surface area (Å²) in [6.07, 6.45) is 5.43. The van der Waals surface area contributed by atoms with Crippen LogP contribution in [-0.4, -0.2) is 57.9 Å². The Hall–Kier alpha value is -4.54. The molecular weight excluding hydrogens is 548 g/mol. The van der Waals surface area contributed by atoms with Crippen molar-refractivity contribution >= 4 is 44.7 Å². The zero-order valence-corrected chi connectivity index (χ0v) is 24.8. The van der Waals surface area contributed by atoms with E-state index in [0.29, 0.717) is 17.2 Å². The quantitative estimate of drug-likeness (QED) is 0.174. The lowest BCUT2D eigenvalue weighted by Crippen LogP contribution is -2.30. The van der Waals surface area contributed by atoms with Crippen molar-refractivity contribution in [2.45, 2.75) is 26.8 Å². The molecule has 2 amide bonds. The lowest BCUT2D eigenvalue weighted by atomic mass is 10.2. The Morgan fingerprint density at radius 3 is 2.50 bits per heavy atom. The molecule has 3 aromatic heterocycles. The number of carbonyl (C=O) groups excluding carboxylic acids is 2. The number of thiophene rings is 1. The van der Waals surface area contributed by atoms with E-state index >= 15 is 0 Å². The molecule has 0 bridgehead atoms. The summed E-state index contributed by atoms with van der Waals surface area (Å²) in [5.74, 6) is 0.649. The van der Waals surface area contributed by atoms with Gasteiger partial charge in [-0.2, -0.15) is 0 Å². The first kappa shape index (κ1) is 29.0. The van der Waals surface area contributed by atoms with Gasteiger partial charge in [-0.1, -0.05) is 32.0 Å². The van der Waals surface area contributed by atoms with E-state index in [1.165, 1.54) is 4.90 Å². The zero-order chi connectivity index (χ0) is 29.5. The van der Waals surface area contributed by atoms with E-state index in [-0.39, 0.29) is 18.2 Å². The van der Waals surface area contributed by atoms with Gasteiger partial charge in [-0.15, -0.1) is 11.3 Å². The highest BCUT2D eigenvalue weighted by molar-refractivity contribution is 7.22. The predicted molar refractivity (Wildman–Crippen MR) is 168 cm³/mol. The molecule has 0 unspecified atom stereocenters. The molecule has 42 heavy (non-hydrogen) atoms. The third-order valence-electron chi connectivity index (χ3n) is 7.03. The number of aromatic nitrogens is 3. The number of fused-ring (bicyclic) bond motifs is 1. The molecular formula is C32H34N6O3S. The number of anilines is 2. The van der Waals surface area contributed by atoms with Crippen LogP contribution < -0.4 is 15.0 Å². The van der Waals surface area contributed by atoms with Gasteiger partial charge in [0.05, 0.1) is 27.1 Å². The molecule has 5 rings (SSSR count). The highest BCUT2D eigenvalue weighted by Gasteiger charge is 2.16. The summed E-state index contributed by atoms with van der Waals surface area (Å²) in [4.78, 5) is 39.1. The Labute approximate surface area is 249 Å². The van der Waals surface area contributed by atoms with Crippen molar-refractivity contribution in [3.05, 3.63) is 85.5 Å². The Morgan fingerprint density at radius 2 is 1.76 bits per heavy atom. The molecule has 0 aliphatic heterocycles. The van der Waals surface area contributed by atoms with E-state index in [9.17, 15) is 9.59 Å². The van der Waals surface area contributed by atoms with Crippen LogP contribution in [0.15, 0.2) is 85.5 Å². The molecule has 1 N–H and O–H groups in total. The molecule has 10 heteroatoms. The molecule has 0 radical (unpaired) electrons. The zero-order valence-electron chi connectivity index (χ0n) is 24.0. The molecule has 0 atom stereocenters. The minimum Gasteiger partial charge on any atom is -0.456 e. The molecule has 0 saturated carbocycles. The number of hydrogen-bond donors (Lipinski definition) is 1. The van der Waals surface area contributed by atoms with Crippen LogP contribution in [-0.2, 0) is 16.1 Å². The summed E-state index contributed by atoms with van der Waals surface area (Å²) in [6, 6.07) is 20.2. The first-order valence-electron chi connectivity index (χ1n) is 14.0. The second kappa shape index (κ2) is 13.4. The molecule has 0 spiro atoms. The molecule has 216 valence electrons. The number of para-hydroxylation sites is 1. The fourth-order valence-corrected chi connectivity index (χ4v) is 5.54. The van der Waals surface area contributed by atoms with E-state index in [0.717, 1.165) is 52.7 Å². The van der Waals surface area contributed by atoms with Gasteiger partial charge in [-0.25, -0.2) is 4.98 Å². The van der Waals surface area contributed by atoms with Crippen LogP contribution in [0.4, 0.5) is 11.4 Å². The van der Waals surface area contributed by atoms with Crippen LogP contribution in [0, 0.1) is 0 Å². The number of carbonyl (C=O) groups is 2. The third kappa shape index (κ3) is 7.02. The van der Waals surface area contributed by atoms with Gasteiger partial charge in [0.15, 0.2) is 0 Å². The maximum atomic E-state index is 12.5. The van der Waals surface area contributed by atoms with Gasteiger partial charge in [-0.3, -0.25) is 14.6 Å². The first-order valence-corrected chi connectivity index (χ1v) is 14.8. The van der Waals surface area contributed by atoms with Crippen molar-refractivity contribution in [1.29, 1.82) is 0 Å². The van der Waals surface area contributed by atoms with Gasteiger partial charge in [0.25, 0.3) is 0 Å². The minimum absolute atomic E-state index is 0.256. The Morgan fingerprint density at radius 1 is 1.00 bits per heavy atom. The monoisotopic (exact) mass is 582 g/mol. The van der Waals surface area contributed by atoms with Crippen molar-refractivity contribution in [2.75, 3.05) is 36.9 Å². The van der Waals surface area contributed by atoms with E-state index in [1.807, 2.05) is 48.8 Å².